The van der Waals surface area contributed by atoms with Crippen molar-refractivity contribution in [3.8, 4) is 0 Å². The fourth-order valence-corrected chi connectivity index (χ4v) is 3.12. The zero-order chi connectivity index (χ0) is 13.2. The number of nitrogens with zero attached hydrogens (tertiary/aromatic N) is 1. The van der Waals surface area contributed by atoms with Crippen LogP contribution >= 0.6 is 0 Å². The van der Waals surface area contributed by atoms with Crippen LogP contribution in [0.5, 0.6) is 0 Å². The Balaban J connectivity index is 2.61. The van der Waals surface area contributed by atoms with Gasteiger partial charge in [-0.1, -0.05) is 6.92 Å². The zero-order valence-electron chi connectivity index (χ0n) is 10.6. The first kappa shape index (κ1) is 14.4. The molecule has 0 aromatic carbocycles. The SMILES string of the molecule is CC1CCN(CCS(=O)(=O)C(C)C)C1C(=O)O. The van der Waals surface area contributed by atoms with E-state index >= 15 is 0 Å². The van der Waals surface area contributed by atoms with E-state index in [2.05, 4.69) is 0 Å². The molecule has 0 aromatic heterocycles. The first-order valence-corrected chi connectivity index (χ1v) is 7.65. The summed E-state index contributed by atoms with van der Waals surface area (Å²) >= 11 is 0. The molecule has 0 aliphatic carbocycles. The Hall–Kier alpha value is -0.620. The second kappa shape index (κ2) is 5.35. The highest BCUT2D eigenvalue weighted by atomic mass is 32.2. The lowest BCUT2D eigenvalue weighted by atomic mass is 10.0. The van der Waals surface area contributed by atoms with Crippen LogP contribution in [-0.4, -0.2) is 54.5 Å². The molecule has 1 rings (SSSR count). The van der Waals surface area contributed by atoms with Crippen LogP contribution in [0.4, 0.5) is 0 Å². The molecular weight excluding hydrogens is 242 g/mol. The van der Waals surface area contributed by atoms with E-state index < -0.39 is 27.1 Å². The summed E-state index contributed by atoms with van der Waals surface area (Å²) in [5.74, 6) is -0.715. The van der Waals surface area contributed by atoms with Gasteiger partial charge in [0.05, 0.1) is 11.0 Å². The number of rotatable bonds is 5. The number of hydrogen-bond donors (Lipinski definition) is 1. The summed E-state index contributed by atoms with van der Waals surface area (Å²) < 4.78 is 23.3. The van der Waals surface area contributed by atoms with E-state index in [1.165, 1.54) is 0 Å². The Morgan fingerprint density at radius 3 is 2.53 bits per heavy atom. The first-order chi connectivity index (χ1) is 7.75. The molecular formula is C11H21NO4S. The van der Waals surface area contributed by atoms with Crippen molar-refractivity contribution in [1.82, 2.24) is 4.90 Å². The number of aliphatic carboxylic acids is 1. The molecule has 5 nitrogen and oxygen atoms in total. The number of carboxylic acid groups (broad SMARTS) is 1. The summed E-state index contributed by atoms with van der Waals surface area (Å²) in [5.41, 5.74) is 0. The Labute approximate surface area is 103 Å². The van der Waals surface area contributed by atoms with E-state index in [-0.39, 0.29) is 11.7 Å². The standard InChI is InChI=1S/C11H21NO4S/c1-8(2)17(15,16)7-6-12-5-4-9(3)10(12)11(13)14/h8-10H,4-7H2,1-3H3,(H,13,14). The van der Waals surface area contributed by atoms with E-state index in [0.717, 1.165) is 6.42 Å². The third-order valence-corrected chi connectivity index (χ3v) is 5.63. The number of carbonyl (C=O) groups is 1. The van der Waals surface area contributed by atoms with Crippen LogP contribution in [0, 0.1) is 5.92 Å². The molecule has 0 radical (unpaired) electrons. The number of likely N-dealkylation sites (tertiary alicyclic amines) is 1. The Morgan fingerprint density at radius 2 is 2.06 bits per heavy atom. The first-order valence-electron chi connectivity index (χ1n) is 5.94. The van der Waals surface area contributed by atoms with Gasteiger partial charge in [-0.2, -0.15) is 0 Å². The molecule has 0 amide bonds. The topological polar surface area (TPSA) is 74.7 Å². The Bertz CT molecular complexity index is 377. The molecule has 1 heterocycles. The van der Waals surface area contributed by atoms with Gasteiger partial charge in [0.25, 0.3) is 0 Å². The summed E-state index contributed by atoms with van der Waals surface area (Å²) in [6.07, 6.45) is 0.818. The lowest BCUT2D eigenvalue weighted by Crippen LogP contribution is -2.41. The van der Waals surface area contributed by atoms with Gasteiger partial charge < -0.3 is 5.11 Å². The summed E-state index contributed by atoms with van der Waals surface area (Å²) in [6.45, 7) is 6.19. The van der Waals surface area contributed by atoms with E-state index in [4.69, 9.17) is 5.11 Å². The molecule has 17 heavy (non-hydrogen) atoms. The second-order valence-corrected chi connectivity index (χ2v) is 7.68. The van der Waals surface area contributed by atoms with Crippen LogP contribution < -0.4 is 0 Å². The third-order valence-electron chi connectivity index (χ3n) is 3.44. The van der Waals surface area contributed by atoms with Crippen LogP contribution in [0.3, 0.4) is 0 Å². The van der Waals surface area contributed by atoms with Gasteiger partial charge in [-0.3, -0.25) is 9.69 Å². The van der Waals surface area contributed by atoms with E-state index in [1.807, 2.05) is 6.92 Å². The molecule has 0 spiro atoms. The summed E-state index contributed by atoms with van der Waals surface area (Å²) in [5, 5.41) is 8.70. The van der Waals surface area contributed by atoms with Gasteiger partial charge in [0.1, 0.15) is 6.04 Å². The largest absolute Gasteiger partial charge is 0.480 e. The monoisotopic (exact) mass is 263 g/mol. The minimum atomic E-state index is -3.09. The Morgan fingerprint density at radius 1 is 1.47 bits per heavy atom. The average molecular weight is 263 g/mol. The average Bonchev–Trinajstić information content (AvgIpc) is 2.56. The van der Waals surface area contributed by atoms with Crippen LogP contribution in [0.1, 0.15) is 27.2 Å². The maximum Gasteiger partial charge on any atom is 0.321 e. The van der Waals surface area contributed by atoms with E-state index in [1.54, 1.807) is 18.7 Å². The normalized spacial score (nSPS) is 26.6. The second-order valence-electron chi connectivity index (χ2n) is 5.00. The smallest absolute Gasteiger partial charge is 0.321 e. The van der Waals surface area contributed by atoms with Crippen molar-refractivity contribution < 1.29 is 18.3 Å². The van der Waals surface area contributed by atoms with E-state index in [9.17, 15) is 13.2 Å². The highest BCUT2D eigenvalue weighted by Crippen LogP contribution is 2.23. The highest BCUT2D eigenvalue weighted by molar-refractivity contribution is 7.92. The van der Waals surface area contributed by atoms with Gasteiger partial charge in [0, 0.05) is 6.54 Å². The van der Waals surface area contributed by atoms with Gasteiger partial charge in [-0.25, -0.2) is 8.42 Å². The van der Waals surface area contributed by atoms with Crippen molar-refractivity contribution in [2.45, 2.75) is 38.5 Å². The van der Waals surface area contributed by atoms with E-state index in [0.29, 0.717) is 13.1 Å². The molecule has 1 fully saturated rings. The van der Waals surface area contributed by atoms with Crippen LogP contribution in [0.2, 0.25) is 0 Å². The van der Waals surface area contributed by atoms with Crippen molar-refractivity contribution in [3.63, 3.8) is 0 Å². The Kier molecular flexibility index (Phi) is 4.55. The molecule has 0 saturated carbocycles. The molecule has 1 saturated heterocycles. The van der Waals surface area contributed by atoms with Crippen LogP contribution in [0.25, 0.3) is 0 Å². The fourth-order valence-electron chi connectivity index (χ4n) is 2.16. The molecule has 6 heteroatoms. The molecule has 0 aromatic rings. The summed E-state index contributed by atoms with van der Waals surface area (Å²) in [4.78, 5) is 12.9. The van der Waals surface area contributed by atoms with Crippen molar-refractivity contribution in [2.24, 2.45) is 5.92 Å². The molecule has 1 N–H and O–H groups in total. The number of carboxylic acids is 1. The van der Waals surface area contributed by atoms with Crippen molar-refractivity contribution in [3.05, 3.63) is 0 Å². The van der Waals surface area contributed by atoms with Gasteiger partial charge in [-0.15, -0.1) is 0 Å². The quantitative estimate of drug-likeness (QED) is 0.786. The third kappa shape index (κ3) is 3.42. The van der Waals surface area contributed by atoms with Crippen LogP contribution in [-0.2, 0) is 14.6 Å². The summed E-state index contributed by atoms with van der Waals surface area (Å²) in [7, 11) is -3.09. The van der Waals surface area contributed by atoms with Crippen molar-refractivity contribution in [2.75, 3.05) is 18.8 Å². The molecule has 2 unspecified atom stereocenters. The highest BCUT2D eigenvalue weighted by Gasteiger charge is 2.36. The van der Waals surface area contributed by atoms with Gasteiger partial charge in [0.15, 0.2) is 9.84 Å². The molecule has 1 aliphatic rings. The molecule has 100 valence electrons. The van der Waals surface area contributed by atoms with Crippen LogP contribution in [0.15, 0.2) is 0 Å². The van der Waals surface area contributed by atoms with Gasteiger partial charge in [0.2, 0.25) is 0 Å². The maximum atomic E-state index is 11.7. The van der Waals surface area contributed by atoms with Gasteiger partial charge >= 0.3 is 5.97 Å². The predicted molar refractivity (Wildman–Crippen MR) is 65.7 cm³/mol. The molecule has 0 bridgehead atoms. The number of sulfone groups is 1. The van der Waals surface area contributed by atoms with Crippen molar-refractivity contribution >= 4 is 15.8 Å². The zero-order valence-corrected chi connectivity index (χ0v) is 11.4. The minimum Gasteiger partial charge on any atom is -0.480 e. The minimum absolute atomic E-state index is 0.0428. The summed E-state index contributed by atoms with van der Waals surface area (Å²) in [6, 6.07) is -0.530. The molecule has 1 aliphatic heterocycles. The fraction of sp³-hybridized carbons (Fsp3) is 0.909. The maximum absolute atomic E-state index is 11.7. The predicted octanol–water partition coefficient (Wildman–Crippen LogP) is 0.605. The lowest BCUT2D eigenvalue weighted by molar-refractivity contribution is -0.143. The number of hydrogen-bond acceptors (Lipinski definition) is 4. The van der Waals surface area contributed by atoms with Crippen molar-refractivity contribution in [1.29, 1.82) is 0 Å². The molecule has 2 atom stereocenters. The lowest BCUT2D eigenvalue weighted by Gasteiger charge is -2.23. The van der Waals surface area contributed by atoms with Gasteiger partial charge in [-0.05, 0) is 32.7 Å².